The summed E-state index contributed by atoms with van der Waals surface area (Å²) < 4.78 is 5.15. The summed E-state index contributed by atoms with van der Waals surface area (Å²) in [4.78, 5) is 10.6. The fraction of sp³-hybridized carbons (Fsp3) is 0.857. The summed E-state index contributed by atoms with van der Waals surface area (Å²) in [6.45, 7) is 2.42. The second kappa shape index (κ2) is 6.86. The van der Waals surface area contributed by atoms with Gasteiger partial charge in [-0.1, -0.05) is 31.9 Å². The van der Waals surface area contributed by atoms with Crippen molar-refractivity contribution in [2.45, 2.75) is 11.8 Å². The van der Waals surface area contributed by atoms with Crippen LogP contribution in [0.2, 0.25) is 0 Å². The van der Waals surface area contributed by atoms with E-state index in [0.29, 0.717) is 6.61 Å². The summed E-state index contributed by atoms with van der Waals surface area (Å²) >= 11 is 6.61. The molecular weight excluding hydrogens is 292 g/mol. The molecule has 0 saturated heterocycles. The number of rotatable bonds is 6. The smallest absolute Gasteiger partial charge is 0.308 e. The molecule has 0 radical (unpaired) electrons. The maximum absolute atomic E-state index is 10.3. The first kappa shape index (κ1) is 12.4. The molecule has 1 N–H and O–H groups in total. The normalized spacial score (nSPS) is 15.6. The molecule has 2 atom stereocenters. The number of hydrogen-bond acceptors (Lipinski definition) is 2. The van der Waals surface area contributed by atoms with Gasteiger partial charge in [-0.05, 0) is 6.92 Å². The average Bonchev–Trinajstić information content (AvgIpc) is 2.03. The van der Waals surface area contributed by atoms with Crippen LogP contribution in [-0.4, -0.2) is 34.4 Å². The van der Waals surface area contributed by atoms with Crippen LogP contribution in [-0.2, 0) is 9.53 Å². The fourth-order valence-electron chi connectivity index (χ4n) is 0.489. The first-order valence-electron chi connectivity index (χ1n) is 3.58. The summed E-state index contributed by atoms with van der Waals surface area (Å²) in [6.07, 6.45) is 0. The van der Waals surface area contributed by atoms with Crippen LogP contribution >= 0.6 is 31.9 Å². The molecule has 72 valence electrons. The van der Waals surface area contributed by atoms with Gasteiger partial charge in [0.05, 0.1) is 19.1 Å². The molecule has 0 aliphatic rings. The Morgan fingerprint density at radius 2 is 2.17 bits per heavy atom. The minimum Gasteiger partial charge on any atom is -0.481 e. The Morgan fingerprint density at radius 3 is 2.58 bits per heavy atom. The van der Waals surface area contributed by atoms with Crippen molar-refractivity contribution >= 4 is 37.8 Å². The first-order chi connectivity index (χ1) is 5.57. The highest BCUT2D eigenvalue weighted by atomic mass is 79.9. The van der Waals surface area contributed by atoms with E-state index in [-0.39, 0.29) is 11.4 Å². The number of carboxylic acids is 1. The van der Waals surface area contributed by atoms with Crippen LogP contribution in [0.1, 0.15) is 6.92 Å². The Labute approximate surface area is 88.7 Å². The highest BCUT2D eigenvalue weighted by molar-refractivity contribution is 9.12. The van der Waals surface area contributed by atoms with Crippen LogP contribution in [0.4, 0.5) is 0 Å². The van der Waals surface area contributed by atoms with Crippen LogP contribution in [0.3, 0.4) is 0 Å². The SMILES string of the molecule is CC(COCC(Br)CBr)C(=O)O. The van der Waals surface area contributed by atoms with Gasteiger partial charge in [0.25, 0.3) is 0 Å². The maximum Gasteiger partial charge on any atom is 0.308 e. The molecule has 0 aromatic heterocycles. The Balaban J connectivity index is 3.37. The number of alkyl halides is 2. The minimum absolute atomic E-state index is 0.249. The molecule has 3 nitrogen and oxygen atoms in total. The van der Waals surface area contributed by atoms with Gasteiger partial charge in [-0.15, -0.1) is 0 Å². The molecule has 0 spiro atoms. The van der Waals surface area contributed by atoms with E-state index in [1.807, 2.05) is 0 Å². The van der Waals surface area contributed by atoms with Crippen molar-refractivity contribution < 1.29 is 14.6 Å². The van der Waals surface area contributed by atoms with E-state index in [1.165, 1.54) is 0 Å². The van der Waals surface area contributed by atoms with Crippen LogP contribution < -0.4 is 0 Å². The van der Waals surface area contributed by atoms with Gasteiger partial charge in [0, 0.05) is 10.2 Å². The van der Waals surface area contributed by atoms with E-state index < -0.39 is 11.9 Å². The fourth-order valence-corrected chi connectivity index (χ4v) is 0.862. The van der Waals surface area contributed by atoms with Crippen LogP contribution in [0, 0.1) is 5.92 Å². The predicted molar refractivity (Wildman–Crippen MR) is 54.1 cm³/mol. The zero-order valence-corrected chi connectivity index (χ0v) is 9.97. The molecule has 0 aromatic rings. The van der Waals surface area contributed by atoms with Crippen LogP contribution in [0.25, 0.3) is 0 Å². The van der Waals surface area contributed by atoms with Gasteiger partial charge in [-0.25, -0.2) is 0 Å². The van der Waals surface area contributed by atoms with Crippen molar-refractivity contribution in [1.82, 2.24) is 0 Å². The average molecular weight is 304 g/mol. The molecule has 0 amide bonds. The molecule has 2 unspecified atom stereocenters. The molecule has 0 fully saturated rings. The number of halogens is 2. The van der Waals surface area contributed by atoms with E-state index in [2.05, 4.69) is 31.9 Å². The highest BCUT2D eigenvalue weighted by Crippen LogP contribution is 2.05. The second-order valence-corrected chi connectivity index (χ2v) is 4.47. The summed E-state index contributed by atoms with van der Waals surface area (Å²) in [5.41, 5.74) is 0. The number of carboxylic acid groups (broad SMARTS) is 1. The quantitative estimate of drug-likeness (QED) is 0.762. The van der Waals surface area contributed by atoms with E-state index in [1.54, 1.807) is 6.92 Å². The lowest BCUT2D eigenvalue weighted by Gasteiger charge is -2.09. The Morgan fingerprint density at radius 1 is 1.58 bits per heavy atom. The molecule has 0 bridgehead atoms. The molecular formula is C7H12Br2O3. The standard InChI is InChI=1S/C7H12Br2O3/c1-5(7(10)11)3-12-4-6(9)2-8/h5-6H,2-4H2,1H3,(H,10,11). The Bertz CT molecular complexity index is 141. The third-order valence-corrected chi connectivity index (χ3v) is 3.49. The van der Waals surface area contributed by atoms with Crippen molar-refractivity contribution in [3.63, 3.8) is 0 Å². The largest absolute Gasteiger partial charge is 0.481 e. The summed E-state index contributed by atoms with van der Waals surface area (Å²) in [5, 5.41) is 9.30. The van der Waals surface area contributed by atoms with Crippen LogP contribution in [0.5, 0.6) is 0 Å². The van der Waals surface area contributed by atoms with E-state index in [9.17, 15) is 4.79 Å². The molecule has 0 aromatic carbocycles. The summed E-state index contributed by atoms with van der Waals surface area (Å²) in [7, 11) is 0. The Kier molecular flexibility index (Phi) is 7.08. The Hall–Kier alpha value is 0.390. The van der Waals surface area contributed by atoms with Crippen molar-refractivity contribution in [2.24, 2.45) is 5.92 Å². The van der Waals surface area contributed by atoms with Gasteiger partial charge >= 0.3 is 5.97 Å². The monoisotopic (exact) mass is 302 g/mol. The zero-order valence-electron chi connectivity index (χ0n) is 6.80. The van der Waals surface area contributed by atoms with Gasteiger partial charge in [0.15, 0.2) is 0 Å². The number of hydrogen-bond donors (Lipinski definition) is 1. The van der Waals surface area contributed by atoms with Crippen LogP contribution in [0.15, 0.2) is 0 Å². The molecule has 0 saturated carbocycles. The predicted octanol–water partition coefficient (Wildman–Crippen LogP) is 1.88. The van der Waals surface area contributed by atoms with Gasteiger partial charge in [-0.2, -0.15) is 0 Å². The van der Waals surface area contributed by atoms with Gasteiger partial charge < -0.3 is 9.84 Å². The minimum atomic E-state index is -0.819. The van der Waals surface area contributed by atoms with E-state index in [4.69, 9.17) is 9.84 Å². The second-order valence-electron chi connectivity index (χ2n) is 2.53. The summed E-state index contributed by atoms with van der Waals surface area (Å²) in [5.74, 6) is -1.25. The van der Waals surface area contributed by atoms with Gasteiger partial charge in [0.1, 0.15) is 0 Å². The zero-order chi connectivity index (χ0) is 9.56. The summed E-state index contributed by atoms with van der Waals surface area (Å²) in [6, 6.07) is 0. The molecule has 0 aliphatic carbocycles. The lowest BCUT2D eigenvalue weighted by atomic mass is 10.2. The lowest BCUT2D eigenvalue weighted by Crippen LogP contribution is -2.19. The van der Waals surface area contributed by atoms with Gasteiger partial charge in [-0.3, -0.25) is 4.79 Å². The first-order valence-corrected chi connectivity index (χ1v) is 5.62. The van der Waals surface area contributed by atoms with Crippen molar-refractivity contribution in [2.75, 3.05) is 18.5 Å². The molecule has 0 aliphatic heterocycles. The highest BCUT2D eigenvalue weighted by Gasteiger charge is 2.11. The third-order valence-electron chi connectivity index (χ3n) is 1.26. The third kappa shape index (κ3) is 5.97. The van der Waals surface area contributed by atoms with E-state index >= 15 is 0 Å². The van der Waals surface area contributed by atoms with Crippen molar-refractivity contribution in [1.29, 1.82) is 0 Å². The number of aliphatic carboxylic acids is 1. The molecule has 0 heterocycles. The van der Waals surface area contributed by atoms with E-state index in [0.717, 1.165) is 5.33 Å². The molecule has 5 heteroatoms. The van der Waals surface area contributed by atoms with Crippen molar-refractivity contribution in [3.05, 3.63) is 0 Å². The topological polar surface area (TPSA) is 46.5 Å². The van der Waals surface area contributed by atoms with Gasteiger partial charge in [0.2, 0.25) is 0 Å². The molecule has 12 heavy (non-hydrogen) atoms. The lowest BCUT2D eigenvalue weighted by molar-refractivity contribution is -0.143. The van der Waals surface area contributed by atoms with Crippen molar-refractivity contribution in [3.8, 4) is 0 Å². The number of ether oxygens (including phenoxy) is 1. The number of carbonyl (C=O) groups is 1. The molecule has 0 rings (SSSR count). The maximum atomic E-state index is 10.3.